The number of hydrogen-bond donors (Lipinski definition) is 0. The number of piperidine rings is 1. The van der Waals surface area contributed by atoms with E-state index >= 15 is 0 Å². The Morgan fingerprint density at radius 1 is 1.25 bits per heavy atom. The molecule has 2 fully saturated rings. The normalized spacial score (nSPS) is 34.2. The smallest absolute Gasteiger partial charge is 0.00181 e. The fourth-order valence-electron chi connectivity index (χ4n) is 3.63. The molecule has 1 saturated heterocycles. The van der Waals surface area contributed by atoms with E-state index in [4.69, 9.17) is 0 Å². The molecule has 0 amide bonds. The Kier molecular flexibility index (Phi) is 2.51. The molecule has 1 nitrogen and oxygen atoms in total. The van der Waals surface area contributed by atoms with Crippen LogP contribution in [0.25, 0.3) is 0 Å². The van der Waals surface area contributed by atoms with Gasteiger partial charge in [0.15, 0.2) is 0 Å². The van der Waals surface area contributed by atoms with E-state index in [1.54, 1.807) is 5.56 Å². The molecule has 1 saturated carbocycles. The van der Waals surface area contributed by atoms with Crippen LogP contribution in [0.3, 0.4) is 0 Å². The van der Waals surface area contributed by atoms with Gasteiger partial charge in [-0.3, -0.25) is 0 Å². The molecule has 1 heterocycles. The van der Waals surface area contributed by atoms with Gasteiger partial charge in [0.1, 0.15) is 0 Å². The Bertz CT molecular complexity index is 359. The second-order valence-corrected chi connectivity index (χ2v) is 5.40. The summed E-state index contributed by atoms with van der Waals surface area (Å²) in [6.45, 7) is 6.13. The molecular formula is C15H21N. The van der Waals surface area contributed by atoms with Gasteiger partial charge in [0.2, 0.25) is 0 Å². The fourth-order valence-corrected chi connectivity index (χ4v) is 3.63. The molecule has 16 heavy (non-hydrogen) atoms. The van der Waals surface area contributed by atoms with Crippen LogP contribution < -0.4 is 0 Å². The summed E-state index contributed by atoms with van der Waals surface area (Å²) in [6.07, 6.45) is 4.22. The van der Waals surface area contributed by atoms with E-state index in [2.05, 4.69) is 42.2 Å². The zero-order valence-corrected chi connectivity index (χ0v) is 10.2. The maximum atomic E-state index is 2.62. The summed E-state index contributed by atoms with van der Waals surface area (Å²) in [6, 6.07) is 11.2. The van der Waals surface area contributed by atoms with Gasteiger partial charge < -0.3 is 4.90 Å². The molecule has 2 atom stereocenters. The minimum absolute atomic E-state index is 0.549. The predicted octanol–water partition coefficient (Wildman–Crippen LogP) is 3.06. The highest BCUT2D eigenvalue weighted by Gasteiger charge is 2.50. The zero-order chi connectivity index (χ0) is 11.0. The summed E-state index contributed by atoms with van der Waals surface area (Å²) < 4.78 is 0. The largest absolute Gasteiger partial charge is 0.303 e. The van der Waals surface area contributed by atoms with Gasteiger partial charge in [-0.15, -0.1) is 0 Å². The Morgan fingerprint density at radius 3 is 2.62 bits per heavy atom. The molecule has 1 aromatic rings. The van der Waals surface area contributed by atoms with E-state index in [1.165, 1.54) is 38.9 Å². The third kappa shape index (κ3) is 1.41. The average molecular weight is 215 g/mol. The van der Waals surface area contributed by atoms with Crippen LogP contribution in [-0.2, 0) is 5.41 Å². The van der Waals surface area contributed by atoms with Crippen LogP contribution in [0, 0.1) is 5.92 Å². The summed E-state index contributed by atoms with van der Waals surface area (Å²) in [4.78, 5) is 2.62. The van der Waals surface area contributed by atoms with Crippen molar-refractivity contribution in [2.45, 2.75) is 31.6 Å². The Hall–Kier alpha value is -0.820. The number of nitrogens with zero attached hydrogens (tertiary/aromatic N) is 1. The van der Waals surface area contributed by atoms with Crippen LogP contribution in [0.5, 0.6) is 0 Å². The lowest BCUT2D eigenvalue weighted by Crippen LogP contribution is -2.55. The topological polar surface area (TPSA) is 3.24 Å². The van der Waals surface area contributed by atoms with E-state index in [-0.39, 0.29) is 0 Å². The summed E-state index contributed by atoms with van der Waals surface area (Å²) in [5.41, 5.74) is 2.15. The van der Waals surface area contributed by atoms with Gasteiger partial charge >= 0.3 is 0 Å². The molecule has 0 bridgehead atoms. The van der Waals surface area contributed by atoms with Gasteiger partial charge in [-0.05, 0) is 43.8 Å². The first-order valence-corrected chi connectivity index (χ1v) is 6.63. The molecule has 1 heteroatoms. The summed E-state index contributed by atoms with van der Waals surface area (Å²) >= 11 is 0. The molecule has 3 rings (SSSR count). The first-order chi connectivity index (χ1) is 7.85. The number of rotatable bonds is 2. The lowest BCUT2D eigenvalue weighted by Gasteiger charge is -2.56. The molecular weight excluding hydrogens is 194 g/mol. The molecule has 2 aliphatic rings. The SMILES string of the molecule is CCN1CC[C@@]2(c3ccccc3)CC[C@H]2C1. The molecule has 1 aliphatic heterocycles. The highest BCUT2D eigenvalue weighted by Crippen LogP contribution is 2.53. The standard InChI is InChI=1S/C15H21N/c1-2-16-11-10-15(9-8-14(15)12-16)13-6-4-3-5-7-13/h3-7,14H,2,8-12H2,1H3/t14-,15+/m0/s1. The third-order valence-electron chi connectivity index (χ3n) is 4.87. The minimum Gasteiger partial charge on any atom is -0.303 e. The molecule has 1 aliphatic carbocycles. The Morgan fingerprint density at radius 2 is 2.06 bits per heavy atom. The van der Waals surface area contributed by atoms with Crippen LogP contribution >= 0.6 is 0 Å². The monoisotopic (exact) mass is 215 g/mol. The van der Waals surface area contributed by atoms with E-state index in [0.29, 0.717) is 5.41 Å². The highest BCUT2D eigenvalue weighted by atomic mass is 15.1. The van der Waals surface area contributed by atoms with Gasteiger partial charge in [-0.2, -0.15) is 0 Å². The molecule has 1 aromatic carbocycles. The van der Waals surface area contributed by atoms with Crippen molar-refractivity contribution in [1.29, 1.82) is 0 Å². The van der Waals surface area contributed by atoms with Crippen LogP contribution in [0.1, 0.15) is 31.7 Å². The summed E-state index contributed by atoms with van der Waals surface area (Å²) in [5, 5.41) is 0. The van der Waals surface area contributed by atoms with Crippen LogP contribution in [-0.4, -0.2) is 24.5 Å². The van der Waals surface area contributed by atoms with Crippen LogP contribution in [0.15, 0.2) is 30.3 Å². The first-order valence-electron chi connectivity index (χ1n) is 6.63. The maximum Gasteiger partial charge on any atom is 0.00181 e. The molecule has 0 unspecified atom stereocenters. The number of fused-ring (bicyclic) bond motifs is 1. The van der Waals surface area contributed by atoms with Crippen LogP contribution in [0.4, 0.5) is 0 Å². The van der Waals surface area contributed by atoms with Crippen LogP contribution in [0.2, 0.25) is 0 Å². The third-order valence-corrected chi connectivity index (χ3v) is 4.87. The Labute approximate surface area is 98.5 Å². The summed E-state index contributed by atoms with van der Waals surface area (Å²) in [5.74, 6) is 0.920. The number of hydrogen-bond acceptors (Lipinski definition) is 1. The minimum atomic E-state index is 0.549. The van der Waals surface area contributed by atoms with Gasteiger partial charge in [0, 0.05) is 12.0 Å². The molecule has 0 aromatic heterocycles. The quantitative estimate of drug-likeness (QED) is 0.733. The molecule has 0 radical (unpaired) electrons. The molecule has 0 spiro atoms. The van der Waals surface area contributed by atoms with Crippen molar-refractivity contribution in [2.75, 3.05) is 19.6 Å². The van der Waals surface area contributed by atoms with Gasteiger partial charge in [-0.1, -0.05) is 37.3 Å². The Balaban J connectivity index is 1.85. The van der Waals surface area contributed by atoms with Gasteiger partial charge in [0.25, 0.3) is 0 Å². The van der Waals surface area contributed by atoms with E-state index in [0.717, 1.165) is 5.92 Å². The fraction of sp³-hybridized carbons (Fsp3) is 0.600. The van der Waals surface area contributed by atoms with E-state index < -0.39 is 0 Å². The van der Waals surface area contributed by atoms with Crippen molar-refractivity contribution in [1.82, 2.24) is 4.90 Å². The van der Waals surface area contributed by atoms with E-state index in [9.17, 15) is 0 Å². The first kappa shape index (κ1) is 10.3. The number of benzene rings is 1. The predicted molar refractivity (Wildman–Crippen MR) is 67.6 cm³/mol. The number of likely N-dealkylation sites (tertiary alicyclic amines) is 1. The van der Waals surface area contributed by atoms with Crippen molar-refractivity contribution in [3.8, 4) is 0 Å². The highest BCUT2D eigenvalue weighted by molar-refractivity contribution is 5.30. The average Bonchev–Trinajstić information content (AvgIpc) is 2.32. The second-order valence-electron chi connectivity index (χ2n) is 5.40. The zero-order valence-electron chi connectivity index (χ0n) is 10.2. The van der Waals surface area contributed by atoms with Gasteiger partial charge in [0.05, 0.1) is 0 Å². The van der Waals surface area contributed by atoms with E-state index in [1.807, 2.05) is 0 Å². The van der Waals surface area contributed by atoms with Crippen molar-refractivity contribution >= 4 is 0 Å². The van der Waals surface area contributed by atoms with Crippen molar-refractivity contribution < 1.29 is 0 Å². The van der Waals surface area contributed by atoms with Gasteiger partial charge in [-0.25, -0.2) is 0 Å². The maximum absolute atomic E-state index is 2.62. The molecule has 86 valence electrons. The van der Waals surface area contributed by atoms with Crippen molar-refractivity contribution in [3.05, 3.63) is 35.9 Å². The lowest BCUT2D eigenvalue weighted by atomic mass is 9.53. The van der Waals surface area contributed by atoms with Crippen molar-refractivity contribution in [2.24, 2.45) is 5.92 Å². The second kappa shape index (κ2) is 3.89. The van der Waals surface area contributed by atoms with Crippen molar-refractivity contribution in [3.63, 3.8) is 0 Å². The summed E-state index contributed by atoms with van der Waals surface area (Å²) in [7, 11) is 0. The lowest BCUT2D eigenvalue weighted by molar-refractivity contribution is 0.0147. The molecule has 0 N–H and O–H groups in total.